The predicted molar refractivity (Wildman–Crippen MR) is 73.6 cm³/mol. The molecule has 1 heterocycles. The molecule has 1 nitrogen and oxygen atoms in total. The Labute approximate surface area is 107 Å². The van der Waals surface area contributed by atoms with E-state index in [2.05, 4.69) is 35.3 Å². The average molecular weight is 246 g/mol. The molecule has 1 fully saturated rings. The molecule has 0 amide bonds. The molecular weight excluding hydrogens is 230 g/mol. The number of halogens is 1. The van der Waals surface area contributed by atoms with Crippen molar-refractivity contribution in [2.45, 2.75) is 12.8 Å². The largest absolute Gasteiger partial charge is 0.371 e. The number of piperidine rings is 1. The standard InChI is InChI=1S/C15H16ClN/c16-14-5-7-15(8-6-14)17-10-9-12-3-1-2-4-13(12)11-17/h1-3,5-8,13H,4,9-11H2. The number of hydrogen-bond donors (Lipinski definition) is 0. The van der Waals surface area contributed by atoms with Crippen molar-refractivity contribution in [3.8, 4) is 0 Å². The van der Waals surface area contributed by atoms with Gasteiger partial charge in [0.1, 0.15) is 0 Å². The first-order valence-electron chi connectivity index (χ1n) is 6.19. The Morgan fingerprint density at radius 2 is 2.00 bits per heavy atom. The highest BCUT2D eigenvalue weighted by molar-refractivity contribution is 6.30. The van der Waals surface area contributed by atoms with E-state index < -0.39 is 0 Å². The van der Waals surface area contributed by atoms with E-state index in [9.17, 15) is 0 Å². The quantitative estimate of drug-likeness (QED) is 0.722. The third-order valence-corrected chi connectivity index (χ3v) is 3.95. The molecule has 1 aliphatic carbocycles. The summed E-state index contributed by atoms with van der Waals surface area (Å²) in [7, 11) is 0. The maximum atomic E-state index is 5.92. The van der Waals surface area contributed by atoms with Gasteiger partial charge in [0.2, 0.25) is 0 Å². The second-order valence-corrected chi connectivity index (χ2v) is 5.21. The molecule has 0 radical (unpaired) electrons. The van der Waals surface area contributed by atoms with Crippen LogP contribution in [0.3, 0.4) is 0 Å². The van der Waals surface area contributed by atoms with Crippen LogP contribution in [0.2, 0.25) is 5.02 Å². The van der Waals surface area contributed by atoms with Crippen molar-refractivity contribution in [1.29, 1.82) is 0 Å². The molecule has 1 aliphatic heterocycles. The molecule has 1 atom stereocenters. The van der Waals surface area contributed by atoms with Crippen LogP contribution in [-0.4, -0.2) is 13.1 Å². The summed E-state index contributed by atoms with van der Waals surface area (Å²) < 4.78 is 0. The summed E-state index contributed by atoms with van der Waals surface area (Å²) in [6.45, 7) is 2.26. The Morgan fingerprint density at radius 1 is 1.18 bits per heavy atom. The maximum absolute atomic E-state index is 5.92. The number of rotatable bonds is 1. The molecule has 1 aromatic rings. The zero-order valence-electron chi connectivity index (χ0n) is 9.77. The zero-order valence-corrected chi connectivity index (χ0v) is 10.5. The van der Waals surface area contributed by atoms with Crippen LogP contribution in [0.15, 0.2) is 48.1 Å². The highest BCUT2D eigenvalue weighted by Crippen LogP contribution is 2.31. The number of nitrogens with zero attached hydrogens (tertiary/aromatic N) is 1. The van der Waals surface area contributed by atoms with Crippen molar-refractivity contribution in [2.75, 3.05) is 18.0 Å². The van der Waals surface area contributed by atoms with Gasteiger partial charge in [0.15, 0.2) is 0 Å². The maximum Gasteiger partial charge on any atom is 0.0407 e. The van der Waals surface area contributed by atoms with Crippen molar-refractivity contribution in [2.24, 2.45) is 5.92 Å². The van der Waals surface area contributed by atoms with Crippen LogP contribution in [-0.2, 0) is 0 Å². The van der Waals surface area contributed by atoms with Crippen molar-refractivity contribution in [3.63, 3.8) is 0 Å². The number of anilines is 1. The van der Waals surface area contributed by atoms with Gasteiger partial charge in [0.25, 0.3) is 0 Å². The average Bonchev–Trinajstić information content (AvgIpc) is 2.39. The lowest BCUT2D eigenvalue weighted by Gasteiger charge is -2.37. The third-order valence-electron chi connectivity index (χ3n) is 3.69. The summed E-state index contributed by atoms with van der Waals surface area (Å²) in [5.41, 5.74) is 2.92. The summed E-state index contributed by atoms with van der Waals surface area (Å²) in [6, 6.07) is 8.19. The van der Waals surface area contributed by atoms with Gasteiger partial charge in [-0.3, -0.25) is 0 Å². The monoisotopic (exact) mass is 245 g/mol. The first-order valence-corrected chi connectivity index (χ1v) is 6.57. The molecule has 0 aromatic heterocycles. The molecule has 0 spiro atoms. The topological polar surface area (TPSA) is 3.24 Å². The summed E-state index contributed by atoms with van der Waals surface area (Å²) in [6.07, 6.45) is 9.16. The molecule has 1 unspecified atom stereocenters. The fourth-order valence-electron chi connectivity index (χ4n) is 2.71. The molecule has 0 bridgehead atoms. The molecule has 2 aliphatic rings. The summed E-state index contributed by atoms with van der Waals surface area (Å²) >= 11 is 5.92. The first-order chi connectivity index (χ1) is 8.33. The Kier molecular flexibility index (Phi) is 2.94. The van der Waals surface area contributed by atoms with Crippen LogP contribution < -0.4 is 4.90 Å². The van der Waals surface area contributed by atoms with Crippen LogP contribution >= 0.6 is 11.6 Å². The normalized spacial score (nSPS) is 23.2. The van der Waals surface area contributed by atoms with E-state index >= 15 is 0 Å². The Bertz CT molecular complexity index is 458. The molecule has 1 saturated heterocycles. The van der Waals surface area contributed by atoms with Gasteiger partial charge >= 0.3 is 0 Å². The van der Waals surface area contributed by atoms with Gasteiger partial charge in [-0.2, -0.15) is 0 Å². The van der Waals surface area contributed by atoms with Gasteiger partial charge in [-0.15, -0.1) is 0 Å². The van der Waals surface area contributed by atoms with E-state index in [1.165, 1.54) is 18.5 Å². The lowest BCUT2D eigenvalue weighted by Crippen LogP contribution is -2.37. The number of benzene rings is 1. The third kappa shape index (κ3) is 2.25. The second-order valence-electron chi connectivity index (χ2n) is 4.77. The van der Waals surface area contributed by atoms with Crippen LogP contribution in [0.25, 0.3) is 0 Å². The second kappa shape index (κ2) is 4.58. The van der Waals surface area contributed by atoms with Gasteiger partial charge in [0.05, 0.1) is 0 Å². The zero-order chi connectivity index (χ0) is 11.7. The predicted octanol–water partition coefficient (Wildman–Crippen LogP) is 4.05. The van der Waals surface area contributed by atoms with Gasteiger partial charge < -0.3 is 4.90 Å². The Balaban J connectivity index is 1.77. The molecule has 2 heteroatoms. The van der Waals surface area contributed by atoms with Crippen molar-refractivity contribution >= 4 is 17.3 Å². The minimum absolute atomic E-state index is 0.712. The number of allylic oxidation sites excluding steroid dienone is 3. The van der Waals surface area contributed by atoms with Crippen LogP contribution in [0.5, 0.6) is 0 Å². The van der Waals surface area contributed by atoms with E-state index in [1.807, 2.05) is 12.1 Å². The lowest BCUT2D eigenvalue weighted by atomic mass is 9.86. The van der Waals surface area contributed by atoms with E-state index in [0.717, 1.165) is 18.1 Å². The fraction of sp³-hybridized carbons (Fsp3) is 0.333. The van der Waals surface area contributed by atoms with Gasteiger partial charge in [-0.25, -0.2) is 0 Å². The first kappa shape index (κ1) is 10.9. The molecular formula is C15H16ClN. The molecule has 0 saturated carbocycles. The summed E-state index contributed by atoms with van der Waals surface area (Å²) in [4.78, 5) is 2.47. The number of fused-ring (bicyclic) bond motifs is 1. The van der Waals surface area contributed by atoms with Crippen molar-refractivity contribution in [1.82, 2.24) is 0 Å². The summed E-state index contributed by atoms with van der Waals surface area (Å²) in [5.74, 6) is 0.712. The van der Waals surface area contributed by atoms with E-state index in [4.69, 9.17) is 11.6 Å². The fourth-order valence-corrected chi connectivity index (χ4v) is 2.83. The van der Waals surface area contributed by atoms with Crippen molar-refractivity contribution < 1.29 is 0 Å². The smallest absolute Gasteiger partial charge is 0.0407 e. The van der Waals surface area contributed by atoms with Crippen LogP contribution in [0.4, 0.5) is 5.69 Å². The highest BCUT2D eigenvalue weighted by atomic mass is 35.5. The van der Waals surface area contributed by atoms with Gasteiger partial charge in [-0.05, 0) is 37.1 Å². The molecule has 88 valence electrons. The van der Waals surface area contributed by atoms with E-state index in [-0.39, 0.29) is 0 Å². The van der Waals surface area contributed by atoms with Gasteiger partial charge in [0, 0.05) is 29.7 Å². The minimum Gasteiger partial charge on any atom is -0.371 e. The number of hydrogen-bond acceptors (Lipinski definition) is 1. The lowest BCUT2D eigenvalue weighted by molar-refractivity contribution is 0.519. The molecule has 1 aromatic carbocycles. The van der Waals surface area contributed by atoms with E-state index in [0.29, 0.717) is 5.92 Å². The van der Waals surface area contributed by atoms with Gasteiger partial charge in [-0.1, -0.05) is 35.4 Å². The molecule has 0 N–H and O–H groups in total. The summed E-state index contributed by atoms with van der Waals surface area (Å²) in [5, 5.41) is 0.812. The minimum atomic E-state index is 0.712. The van der Waals surface area contributed by atoms with E-state index in [1.54, 1.807) is 5.57 Å². The highest BCUT2D eigenvalue weighted by Gasteiger charge is 2.24. The van der Waals surface area contributed by atoms with Crippen LogP contribution in [0, 0.1) is 5.92 Å². The van der Waals surface area contributed by atoms with Crippen LogP contribution in [0.1, 0.15) is 12.8 Å². The Hall–Kier alpha value is -1.21. The Morgan fingerprint density at radius 3 is 2.82 bits per heavy atom. The van der Waals surface area contributed by atoms with Crippen molar-refractivity contribution in [3.05, 3.63) is 53.1 Å². The molecule has 17 heavy (non-hydrogen) atoms. The molecule has 3 rings (SSSR count). The SMILES string of the molecule is Clc1ccc(N2CCC3=CC=CCC3C2)cc1.